The van der Waals surface area contributed by atoms with Gasteiger partial charge in [0, 0.05) is 11.6 Å². The number of anilines is 1. The molecular weight excluding hydrogens is 444 g/mol. The molecule has 0 bridgehead atoms. The van der Waals surface area contributed by atoms with Crippen molar-refractivity contribution in [3.05, 3.63) is 48.2 Å². The Balaban J connectivity index is 2.02. The lowest BCUT2D eigenvalue weighted by Gasteiger charge is -2.11. The Morgan fingerprint density at radius 3 is 2.10 bits per heavy atom. The highest BCUT2D eigenvalue weighted by atomic mass is 32.2. The lowest BCUT2D eigenvalue weighted by Crippen LogP contribution is -2.33. The van der Waals surface area contributed by atoms with Crippen LogP contribution in [0.15, 0.2) is 47.5 Å². The molecule has 0 aliphatic rings. The number of amides is 1. The van der Waals surface area contributed by atoms with Crippen LogP contribution in [0.5, 0.6) is 5.88 Å². The van der Waals surface area contributed by atoms with Crippen molar-refractivity contribution in [2.24, 2.45) is 0 Å². The van der Waals surface area contributed by atoms with Crippen LogP contribution in [0.1, 0.15) is 10.4 Å². The first-order chi connectivity index (χ1) is 13.8. The number of hydrogen-bond acceptors (Lipinski definition) is 5. The third-order valence-electron chi connectivity index (χ3n) is 3.25. The van der Waals surface area contributed by atoms with Crippen molar-refractivity contribution in [3.63, 3.8) is 0 Å². The van der Waals surface area contributed by atoms with Crippen LogP contribution >= 0.6 is 0 Å². The Morgan fingerprint density at radius 1 is 0.967 bits per heavy atom. The topological polar surface area (TPSA) is 97.4 Å². The first-order valence-corrected chi connectivity index (χ1v) is 9.37. The van der Waals surface area contributed by atoms with Gasteiger partial charge in [-0.2, -0.15) is 26.3 Å². The van der Waals surface area contributed by atoms with Gasteiger partial charge in [0.05, 0.1) is 16.8 Å². The lowest BCUT2D eigenvalue weighted by molar-refractivity contribution is -0.154. The number of halogens is 6. The van der Waals surface area contributed by atoms with Gasteiger partial charge in [-0.3, -0.25) is 9.52 Å². The minimum atomic E-state index is -4.59. The number of nitrogens with zero attached hydrogens (tertiary/aromatic N) is 1. The molecule has 0 fully saturated rings. The summed E-state index contributed by atoms with van der Waals surface area (Å²) in [7, 11) is -4.16. The lowest BCUT2D eigenvalue weighted by atomic mass is 10.2. The van der Waals surface area contributed by atoms with E-state index in [9.17, 15) is 39.6 Å². The van der Waals surface area contributed by atoms with E-state index in [1.165, 1.54) is 0 Å². The SMILES string of the molecule is O=C(NCC(F)(F)F)c1ccc(S(=O)(=O)Nc2ccc(OCC(F)(F)F)nc2)cc1. The monoisotopic (exact) mass is 457 g/mol. The van der Waals surface area contributed by atoms with E-state index in [1.54, 1.807) is 5.32 Å². The van der Waals surface area contributed by atoms with Crippen molar-refractivity contribution in [1.29, 1.82) is 0 Å². The van der Waals surface area contributed by atoms with Gasteiger partial charge in [0.15, 0.2) is 6.61 Å². The summed E-state index contributed by atoms with van der Waals surface area (Å²) >= 11 is 0. The van der Waals surface area contributed by atoms with E-state index in [4.69, 9.17) is 0 Å². The number of nitrogens with one attached hydrogen (secondary N) is 2. The van der Waals surface area contributed by atoms with Gasteiger partial charge in [0.2, 0.25) is 5.88 Å². The van der Waals surface area contributed by atoms with Gasteiger partial charge < -0.3 is 10.1 Å². The molecule has 1 aromatic carbocycles. The molecule has 2 N–H and O–H groups in total. The summed E-state index contributed by atoms with van der Waals surface area (Å²) in [6.45, 7) is -3.10. The number of aromatic nitrogens is 1. The summed E-state index contributed by atoms with van der Waals surface area (Å²) in [5.74, 6) is -1.41. The van der Waals surface area contributed by atoms with Crippen molar-refractivity contribution in [2.75, 3.05) is 17.9 Å². The molecule has 2 aromatic rings. The summed E-state index contributed by atoms with van der Waals surface area (Å²) in [5.41, 5.74) is -0.271. The van der Waals surface area contributed by atoms with Gasteiger partial charge in [-0.1, -0.05) is 0 Å². The Labute approximate surface area is 166 Å². The summed E-state index contributed by atoms with van der Waals surface area (Å²) in [4.78, 5) is 14.9. The zero-order chi connectivity index (χ0) is 22.6. The van der Waals surface area contributed by atoms with Gasteiger partial charge in [-0.05, 0) is 30.3 Å². The molecule has 2 rings (SSSR count). The van der Waals surface area contributed by atoms with Crippen LogP contribution in [0.25, 0.3) is 0 Å². The van der Waals surface area contributed by atoms with E-state index in [0.29, 0.717) is 0 Å². The van der Waals surface area contributed by atoms with Gasteiger partial charge in [-0.15, -0.1) is 0 Å². The van der Waals surface area contributed by atoms with Gasteiger partial charge in [0.1, 0.15) is 6.54 Å². The highest BCUT2D eigenvalue weighted by Crippen LogP contribution is 2.20. The number of benzene rings is 1. The summed E-state index contributed by atoms with van der Waals surface area (Å²) < 4.78 is 104. The molecule has 0 saturated heterocycles. The van der Waals surface area contributed by atoms with Crippen molar-refractivity contribution in [3.8, 4) is 5.88 Å². The Kier molecular flexibility index (Phi) is 6.80. The van der Waals surface area contributed by atoms with Crippen molar-refractivity contribution in [1.82, 2.24) is 10.3 Å². The molecule has 7 nitrogen and oxygen atoms in total. The fourth-order valence-electron chi connectivity index (χ4n) is 1.96. The number of alkyl halides is 6. The van der Waals surface area contributed by atoms with Crippen LogP contribution in [-0.4, -0.2) is 44.8 Å². The second-order valence-corrected chi connectivity index (χ2v) is 7.40. The Morgan fingerprint density at radius 2 is 1.60 bits per heavy atom. The van der Waals surface area contributed by atoms with Crippen molar-refractivity contribution >= 4 is 21.6 Å². The van der Waals surface area contributed by atoms with E-state index in [1.807, 2.05) is 0 Å². The van der Waals surface area contributed by atoms with Crippen LogP contribution in [0.3, 0.4) is 0 Å². The minimum Gasteiger partial charge on any atom is -0.468 e. The van der Waals surface area contributed by atoms with Crippen molar-refractivity contribution < 1.29 is 44.3 Å². The fraction of sp³-hybridized carbons (Fsp3) is 0.250. The van der Waals surface area contributed by atoms with Crippen LogP contribution < -0.4 is 14.8 Å². The van der Waals surface area contributed by atoms with E-state index < -0.39 is 41.4 Å². The van der Waals surface area contributed by atoms with E-state index in [2.05, 4.69) is 14.4 Å². The van der Waals surface area contributed by atoms with Gasteiger partial charge in [0.25, 0.3) is 15.9 Å². The van der Waals surface area contributed by atoms with Crippen molar-refractivity contribution in [2.45, 2.75) is 17.2 Å². The highest BCUT2D eigenvalue weighted by Gasteiger charge is 2.29. The summed E-state index contributed by atoms with van der Waals surface area (Å²) in [6.07, 6.45) is -8.22. The average molecular weight is 457 g/mol. The third-order valence-corrected chi connectivity index (χ3v) is 4.65. The minimum absolute atomic E-state index is 0.0821. The number of carbonyl (C=O) groups is 1. The molecule has 0 radical (unpaired) electrons. The summed E-state index contributed by atoms with van der Waals surface area (Å²) in [5, 5.41) is 1.64. The molecule has 1 aromatic heterocycles. The largest absolute Gasteiger partial charge is 0.468 e. The average Bonchev–Trinajstić information content (AvgIpc) is 2.64. The molecule has 0 unspecified atom stereocenters. The predicted molar refractivity (Wildman–Crippen MR) is 91.4 cm³/mol. The zero-order valence-electron chi connectivity index (χ0n) is 14.7. The second-order valence-electron chi connectivity index (χ2n) is 5.72. The Hall–Kier alpha value is -3.03. The first-order valence-electron chi connectivity index (χ1n) is 7.89. The van der Waals surface area contributed by atoms with E-state index in [-0.39, 0.29) is 22.0 Å². The zero-order valence-corrected chi connectivity index (χ0v) is 15.5. The molecule has 1 amide bonds. The Bertz CT molecular complexity index is 974. The maximum absolute atomic E-state index is 12.3. The number of ether oxygens (including phenoxy) is 1. The van der Waals surface area contributed by atoms with Gasteiger partial charge >= 0.3 is 12.4 Å². The fourth-order valence-corrected chi connectivity index (χ4v) is 3.01. The molecule has 30 heavy (non-hydrogen) atoms. The molecule has 14 heteroatoms. The number of rotatable bonds is 7. The quantitative estimate of drug-likeness (QED) is 0.623. The van der Waals surface area contributed by atoms with Crippen LogP contribution in [0.2, 0.25) is 0 Å². The van der Waals surface area contributed by atoms with Crippen LogP contribution in [-0.2, 0) is 10.0 Å². The molecule has 0 aliphatic heterocycles. The molecule has 0 spiro atoms. The first kappa shape index (κ1) is 23.3. The highest BCUT2D eigenvalue weighted by molar-refractivity contribution is 7.92. The second kappa shape index (κ2) is 8.77. The third kappa shape index (κ3) is 7.42. The summed E-state index contributed by atoms with van der Waals surface area (Å²) in [6, 6.07) is 6.18. The molecule has 164 valence electrons. The number of sulfonamides is 1. The molecule has 0 aliphatic carbocycles. The molecule has 0 saturated carbocycles. The van der Waals surface area contributed by atoms with E-state index in [0.717, 1.165) is 42.6 Å². The van der Waals surface area contributed by atoms with Gasteiger partial charge in [-0.25, -0.2) is 13.4 Å². The normalized spacial score (nSPS) is 12.3. The smallest absolute Gasteiger partial charge is 0.422 e. The van der Waals surface area contributed by atoms with Crippen LogP contribution in [0.4, 0.5) is 32.0 Å². The standard InChI is InChI=1S/C16H13F6N3O4S/c17-15(18,19)8-24-14(26)10-1-4-12(5-2-10)30(27,28)25-11-3-6-13(23-7-11)29-9-16(20,21)22/h1-7,25H,8-9H2,(H,24,26). The number of carbonyl (C=O) groups excluding carboxylic acids is 1. The maximum atomic E-state index is 12.3. The molecule has 1 heterocycles. The number of hydrogen-bond donors (Lipinski definition) is 2. The number of pyridine rings is 1. The predicted octanol–water partition coefficient (Wildman–Crippen LogP) is 3.12. The molecular formula is C16H13F6N3O4S. The van der Waals surface area contributed by atoms with E-state index >= 15 is 0 Å². The van der Waals surface area contributed by atoms with Crippen LogP contribution in [0, 0.1) is 0 Å². The maximum Gasteiger partial charge on any atom is 0.422 e. The molecule has 0 atom stereocenters.